The summed E-state index contributed by atoms with van der Waals surface area (Å²) in [6.07, 6.45) is 1.03. The standard InChI is InChI=1S/C15H23ClN2O2/c1-20-7-5-17-9-12-2-3-15(14(16)8-12)18-6-4-13(10-18)11-19/h2-3,8,13,17,19H,4-7,9-11H2,1H3. The van der Waals surface area contributed by atoms with Crippen LogP contribution in [0.25, 0.3) is 0 Å². The van der Waals surface area contributed by atoms with E-state index in [4.69, 9.17) is 16.3 Å². The second-order valence-corrected chi connectivity index (χ2v) is 5.65. The minimum absolute atomic E-state index is 0.260. The summed E-state index contributed by atoms with van der Waals surface area (Å²) < 4.78 is 5.00. The predicted octanol–water partition coefficient (Wildman–Crippen LogP) is 1.89. The molecule has 1 aromatic rings. The normalized spacial score (nSPS) is 18.8. The number of halogens is 1. The highest BCUT2D eigenvalue weighted by Crippen LogP contribution is 2.31. The average molecular weight is 299 g/mol. The molecule has 5 heteroatoms. The number of nitrogens with one attached hydrogen (secondary N) is 1. The molecule has 1 aromatic carbocycles. The number of aliphatic hydroxyl groups excluding tert-OH is 1. The van der Waals surface area contributed by atoms with Crippen LogP contribution < -0.4 is 10.2 Å². The lowest BCUT2D eigenvalue weighted by molar-refractivity contribution is 0.199. The van der Waals surface area contributed by atoms with Gasteiger partial charge in [-0.05, 0) is 24.1 Å². The summed E-state index contributed by atoms with van der Waals surface area (Å²) in [7, 11) is 1.70. The summed E-state index contributed by atoms with van der Waals surface area (Å²) in [5.41, 5.74) is 2.25. The first-order chi connectivity index (χ1) is 9.74. The molecule has 1 atom stereocenters. The van der Waals surface area contributed by atoms with E-state index in [2.05, 4.69) is 22.3 Å². The zero-order valence-corrected chi connectivity index (χ0v) is 12.7. The van der Waals surface area contributed by atoms with Crippen molar-refractivity contribution in [2.45, 2.75) is 13.0 Å². The number of anilines is 1. The third-order valence-corrected chi connectivity index (χ3v) is 4.01. The van der Waals surface area contributed by atoms with E-state index in [9.17, 15) is 5.11 Å². The molecular weight excluding hydrogens is 276 g/mol. The van der Waals surface area contributed by atoms with Gasteiger partial charge in [-0.3, -0.25) is 0 Å². The van der Waals surface area contributed by atoms with Gasteiger partial charge in [0.1, 0.15) is 0 Å². The number of methoxy groups -OCH3 is 1. The van der Waals surface area contributed by atoms with Crippen molar-refractivity contribution in [1.29, 1.82) is 0 Å². The van der Waals surface area contributed by atoms with E-state index < -0.39 is 0 Å². The molecule has 0 aliphatic carbocycles. The number of hydrogen-bond donors (Lipinski definition) is 2. The second kappa shape index (κ2) is 7.84. The van der Waals surface area contributed by atoms with E-state index in [0.717, 1.165) is 43.3 Å². The Kier molecular flexibility index (Phi) is 6.10. The quantitative estimate of drug-likeness (QED) is 0.755. The summed E-state index contributed by atoms with van der Waals surface area (Å²) in [4.78, 5) is 2.26. The summed E-state index contributed by atoms with van der Waals surface area (Å²) in [6.45, 7) is 4.46. The molecule has 2 N–H and O–H groups in total. The lowest BCUT2D eigenvalue weighted by Gasteiger charge is -2.20. The van der Waals surface area contributed by atoms with Crippen molar-refractivity contribution >= 4 is 17.3 Å². The number of aliphatic hydroxyl groups is 1. The molecular formula is C15H23ClN2O2. The van der Waals surface area contributed by atoms with Crippen molar-refractivity contribution in [3.8, 4) is 0 Å². The number of hydrogen-bond acceptors (Lipinski definition) is 4. The SMILES string of the molecule is COCCNCc1ccc(N2CCC(CO)C2)c(Cl)c1. The fraction of sp³-hybridized carbons (Fsp3) is 0.600. The van der Waals surface area contributed by atoms with Crippen LogP contribution in [0, 0.1) is 5.92 Å². The maximum Gasteiger partial charge on any atom is 0.0642 e. The van der Waals surface area contributed by atoms with Crippen molar-refractivity contribution in [3.05, 3.63) is 28.8 Å². The lowest BCUT2D eigenvalue weighted by atomic mass is 10.1. The predicted molar refractivity (Wildman–Crippen MR) is 82.4 cm³/mol. The van der Waals surface area contributed by atoms with Crippen LogP contribution in [0.2, 0.25) is 5.02 Å². The third kappa shape index (κ3) is 4.09. The molecule has 0 amide bonds. The fourth-order valence-electron chi connectivity index (χ4n) is 2.52. The maximum absolute atomic E-state index is 9.21. The summed E-state index contributed by atoms with van der Waals surface area (Å²) in [5, 5.41) is 13.3. The van der Waals surface area contributed by atoms with E-state index in [1.807, 2.05) is 6.07 Å². The first kappa shape index (κ1) is 15.6. The Morgan fingerprint density at radius 1 is 1.50 bits per heavy atom. The number of ether oxygens (including phenoxy) is 1. The Morgan fingerprint density at radius 2 is 2.35 bits per heavy atom. The Hall–Kier alpha value is -0.810. The number of nitrogens with zero attached hydrogens (tertiary/aromatic N) is 1. The van der Waals surface area contributed by atoms with Gasteiger partial charge in [-0.15, -0.1) is 0 Å². The van der Waals surface area contributed by atoms with Crippen LogP contribution in [0.1, 0.15) is 12.0 Å². The first-order valence-electron chi connectivity index (χ1n) is 7.08. The number of rotatable bonds is 7. The van der Waals surface area contributed by atoms with Crippen LogP contribution in [-0.2, 0) is 11.3 Å². The Balaban J connectivity index is 1.92. The summed E-state index contributed by atoms with van der Waals surface area (Å²) in [6, 6.07) is 6.20. The van der Waals surface area contributed by atoms with Gasteiger partial charge in [0.25, 0.3) is 0 Å². The minimum atomic E-state index is 0.260. The van der Waals surface area contributed by atoms with Crippen LogP contribution in [0.15, 0.2) is 18.2 Å². The zero-order chi connectivity index (χ0) is 14.4. The smallest absolute Gasteiger partial charge is 0.0642 e. The Bertz CT molecular complexity index is 428. The lowest BCUT2D eigenvalue weighted by Crippen LogP contribution is -2.21. The second-order valence-electron chi connectivity index (χ2n) is 5.24. The minimum Gasteiger partial charge on any atom is -0.396 e. The van der Waals surface area contributed by atoms with Gasteiger partial charge in [0.05, 0.1) is 17.3 Å². The molecule has 0 spiro atoms. The van der Waals surface area contributed by atoms with Crippen LogP contribution >= 0.6 is 11.6 Å². The van der Waals surface area contributed by atoms with Gasteiger partial charge in [0.2, 0.25) is 0 Å². The molecule has 4 nitrogen and oxygen atoms in total. The molecule has 112 valence electrons. The summed E-state index contributed by atoms with van der Waals surface area (Å²) >= 11 is 6.38. The Labute approximate surface area is 125 Å². The van der Waals surface area contributed by atoms with Gasteiger partial charge in [-0.1, -0.05) is 17.7 Å². The van der Waals surface area contributed by atoms with E-state index in [-0.39, 0.29) is 6.61 Å². The molecule has 0 saturated carbocycles. The zero-order valence-electron chi connectivity index (χ0n) is 11.9. The van der Waals surface area contributed by atoms with Gasteiger partial charge in [-0.2, -0.15) is 0 Å². The van der Waals surface area contributed by atoms with Crippen molar-refractivity contribution in [3.63, 3.8) is 0 Å². The molecule has 20 heavy (non-hydrogen) atoms. The molecule has 2 rings (SSSR count). The molecule has 1 heterocycles. The van der Waals surface area contributed by atoms with Crippen molar-refractivity contribution < 1.29 is 9.84 Å². The van der Waals surface area contributed by atoms with Gasteiger partial charge >= 0.3 is 0 Å². The van der Waals surface area contributed by atoms with E-state index in [0.29, 0.717) is 12.5 Å². The van der Waals surface area contributed by atoms with Gasteiger partial charge in [0, 0.05) is 45.8 Å². The molecule has 1 unspecified atom stereocenters. The third-order valence-electron chi connectivity index (χ3n) is 3.71. The van der Waals surface area contributed by atoms with Crippen LogP contribution in [0.5, 0.6) is 0 Å². The van der Waals surface area contributed by atoms with Crippen LogP contribution in [-0.4, -0.2) is 45.1 Å². The Morgan fingerprint density at radius 3 is 3.00 bits per heavy atom. The highest BCUT2D eigenvalue weighted by atomic mass is 35.5. The highest BCUT2D eigenvalue weighted by Gasteiger charge is 2.23. The van der Waals surface area contributed by atoms with Crippen LogP contribution in [0.4, 0.5) is 5.69 Å². The van der Waals surface area contributed by atoms with Crippen molar-refractivity contribution in [2.75, 3.05) is 44.9 Å². The monoisotopic (exact) mass is 298 g/mol. The first-order valence-corrected chi connectivity index (χ1v) is 7.46. The average Bonchev–Trinajstić information content (AvgIpc) is 2.92. The van der Waals surface area contributed by atoms with Gasteiger partial charge in [0.15, 0.2) is 0 Å². The highest BCUT2D eigenvalue weighted by molar-refractivity contribution is 6.33. The van der Waals surface area contributed by atoms with Crippen molar-refractivity contribution in [1.82, 2.24) is 5.32 Å². The molecule has 0 aromatic heterocycles. The van der Waals surface area contributed by atoms with E-state index in [1.54, 1.807) is 7.11 Å². The largest absolute Gasteiger partial charge is 0.396 e. The molecule has 1 fully saturated rings. The molecule has 0 bridgehead atoms. The molecule has 1 aliphatic heterocycles. The van der Waals surface area contributed by atoms with Crippen molar-refractivity contribution in [2.24, 2.45) is 5.92 Å². The van der Waals surface area contributed by atoms with Gasteiger partial charge < -0.3 is 20.1 Å². The van der Waals surface area contributed by atoms with Crippen LogP contribution in [0.3, 0.4) is 0 Å². The summed E-state index contributed by atoms with van der Waals surface area (Å²) in [5.74, 6) is 0.376. The topological polar surface area (TPSA) is 44.7 Å². The van der Waals surface area contributed by atoms with E-state index >= 15 is 0 Å². The molecule has 0 radical (unpaired) electrons. The number of benzene rings is 1. The molecule has 1 aliphatic rings. The molecule has 1 saturated heterocycles. The fourth-order valence-corrected chi connectivity index (χ4v) is 2.85. The van der Waals surface area contributed by atoms with Gasteiger partial charge in [-0.25, -0.2) is 0 Å². The maximum atomic E-state index is 9.21. The van der Waals surface area contributed by atoms with E-state index in [1.165, 1.54) is 5.56 Å².